The van der Waals surface area contributed by atoms with Gasteiger partial charge >= 0.3 is 11.7 Å². The van der Waals surface area contributed by atoms with Gasteiger partial charge in [0.15, 0.2) is 5.75 Å². The highest BCUT2D eigenvalue weighted by atomic mass is 16.6. The molecule has 1 aliphatic rings. The van der Waals surface area contributed by atoms with E-state index in [2.05, 4.69) is 5.73 Å². The number of aliphatic carboxylic acids is 1. The highest BCUT2D eigenvalue weighted by Crippen LogP contribution is 2.25. The van der Waals surface area contributed by atoms with Crippen molar-refractivity contribution in [2.45, 2.75) is 38.1 Å². The van der Waals surface area contributed by atoms with Gasteiger partial charge in [0.1, 0.15) is 6.29 Å². The summed E-state index contributed by atoms with van der Waals surface area (Å²) in [6, 6.07) is 3.93. The smallest absolute Gasteiger partial charge is 0.317 e. The average Bonchev–Trinajstić information content (AvgIpc) is 2.56. The number of nitrogens with two attached hydrogens (primary N) is 2. The molecule has 9 heteroatoms. The minimum Gasteiger partial charge on any atom is -0.502 e. The average molecular weight is 341 g/mol. The Hall–Kier alpha value is -2.52. The summed E-state index contributed by atoms with van der Waals surface area (Å²) < 4.78 is 0. The van der Waals surface area contributed by atoms with Gasteiger partial charge in [-0.1, -0.05) is 19.3 Å². The number of aldehydes is 1. The SMILES string of the molecule is NC1CCCCC1.NCC(=O)O.O=Cc1ccc([N+](=O)[O-])c(O)c1. The van der Waals surface area contributed by atoms with Gasteiger partial charge in [0.2, 0.25) is 0 Å². The van der Waals surface area contributed by atoms with Gasteiger partial charge in [0.05, 0.1) is 11.5 Å². The van der Waals surface area contributed by atoms with Crippen LogP contribution in [-0.4, -0.2) is 40.0 Å². The van der Waals surface area contributed by atoms with Crippen molar-refractivity contribution in [2.24, 2.45) is 11.5 Å². The molecule has 0 radical (unpaired) electrons. The lowest BCUT2D eigenvalue weighted by molar-refractivity contribution is -0.385. The van der Waals surface area contributed by atoms with Crippen molar-refractivity contribution < 1.29 is 24.7 Å². The van der Waals surface area contributed by atoms with Crippen LogP contribution in [0.4, 0.5) is 5.69 Å². The summed E-state index contributed by atoms with van der Waals surface area (Å²) in [7, 11) is 0. The molecule has 0 atom stereocenters. The Balaban J connectivity index is 0.000000373. The zero-order valence-electron chi connectivity index (χ0n) is 13.3. The van der Waals surface area contributed by atoms with E-state index in [4.69, 9.17) is 15.9 Å². The van der Waals surface area contributed by atoms with Crippen LogP contribution in [0.5, 0.6) is 5.75 Å². The molecule has 0 bridgehead atoms. The monoisotopic (exact) mass is 341 g/mol. The van der Waals surface area contributed by atoms with E-state index >= 15 is 0 Å². The first-order chi connectivity index (χ1) is 11.3. The van der Waals surface area contributed by atoms with Gasteiger partial charge in [-0.2, -0.15) is 0 Å². The van der Waals surface area contributed by atoms with Crippen LogP contribution in [0.2, 0.25) is 0 Å². The lowest BCUT2D eigenvalue weighted by atomic mass is 9.97. The van der Waals surface area contributed by atoms with Crippen molar-refractivity contribution in [3.8, 4) is 5.75 Å². The number of hydrogen-bond acceptors (Lipinski definition) is 7. The number of hydrogen-bond donors (Lipinski definition) is 4. The molecule has 0 amide bonds. The molecule has 6 N–H and O–H groups in total. The maximum atomic E-state index is 10.2. The number of carbonyl (C=O) groups is 2. The fraction of sp³-hybridized carbons (Fsp3) is 0.467. The van der Waals surface area contributed by atoms with Crippen LogP contribution >= 0.6 is 0 Å². The van der Waals surface area contributed by atoms with Crippen molar-refractivity contribution in [3.63, 3.8) is 0 Å². The van der Waals surface area contributed by atoms with Gasteiger partial charge in [0, 0.05) is 17.7 Å². The second kappa shape index (κ2) is 12.0. The Morgan fingerprint density at radius 3 is 2.17 bits per heavy atom. The fourth-order valence-electron chi connectivity index (χ4n) is 1.90. The second-order valence-corrected chi connectivity index (χ2v) is 5.12. The van der Waals surface area contributed by atoms with E-state index < -0.39 is 22.3 Å². The van der Waals surface area contributed by atoms with Crippen molar-refractivity contribution >= 4 is 17.9 Å². The number of nitrogens with zero attached hydrogens (tertiary/aromatic N) is 1. The van der Waals surface area contributed by atoms with Gasteiger partial charge in [-0.3, -0.25) is 19.7 Å². The van der Waals surface area contributed by atoms with Crippen LogP contribution in [0, 0.1) is 10.1 Å². The molecule has 1 aromatic carbocycles. The summed E-state index contributed by atoms with van der Waals surface area (Å²) in [6.45, 7) is -0.278. The largest absolute Gasteiger partial charge is 0.502 e. The number of aromatic hydroxyl groups is 1. The van der Waals surface area contributed by atoms with Crippen molar-refractivity contribution in [2.75, 3.05) is 6.54 Å². The summed E-state index contributed by atoms with van der Waals surface area (Å²) >= 11 is 0. The summed E-state index contributed by atoms with van der Waals surface area (Å²) in [5.74, 6) is -1.46. The van der Waals surface area contributed by atoms with Gasteiger partial charge in [-0.05, 0) is 25.0 Å². The Labute approximate surface area is 139 Å². The van der Waals surface area contributed by atoms with E-state index in [-0.39, 0.29) is 12.1 Å². The molecular formula is C15H23N3O6. The molecule has 24 heavy (non-hydrogen) atoms. The number of benzene rings is 1. The predicted octanol–water partition coefficient (Wildman–Crippen LogP) is 1.42. The number of carboxylic acid groups (broad SMARTS) is 1. The van der Waals surface area contributed by atoms with Crippen LogP contribution in [0.15, 0.2) is 18.2 Å². The van der Waals surface area contributed by atoms with Gasteiger partial charge in [0.25, 0.3) is 0 Å². The minimum atomic E-state index is -0.968. The quantitative estimate of drug-likeness (QED) is 0.363. The van der Waals surface area contributed by atoms with E-state index in [9.17, 15) is 19.7 Å². The van der Waals surface area contributed by atoms with E-state index in [0.29, 0.717) is 12.3 Å². The molecule has 2 rings (SSSR count). The van der Waals surface area contributed by atoms with Crippen LogP contribution in [-0.2, 0) is 4.79 Å². The lowest BCUT2D eigenvalue weighted by Crippen LogP contribution is -2.22. The summed E-state index contributed by atoms with van der Waals surface area (Å²) in [4.78, 5) is 28.9. The molecule has 1 saturated carbocycles. The topological polar surface area (TPSA) is 170 Å². The molecule has 1 fully saturated rings. The minimum absolute atomic E-state index is 0.207. The fourth-order valence-corrected chi connectivity index (χ4v) is 1.90. The van der Waals surface area contributed by atoms with Gasteiger partial charge < -0.3 is 21.7 Å². The van der Waals surface area contributed by atoms with Crippen LogP contribution in [0.1, 0.15) is 42.5 Å². The van der Waals surface area contributed by atoms with Gasteiger partial charge in [-0.25, -0.2) is 0 Å². The maximum absolute atomic E-state index is 10.2. The third kappa shape index (κ3) is 9.49. The normalized spacial score (nSPS) is 13.6. The molecule has 0 heterocycles. The van der Waals surface area contributed by atoms with Crippen molar-refractivity contribution in [1.82, 2.24) is 0 Å². The molecule has 0 spiro atoms. The predicted molar refractivity (Wildman–Crippen MR) is 87.9 cm³/mol. The lowest BCUT2D eigenvalue weighted by Gasteiger charge is -2.15. The Morgan fingerprint density at radius 1 is 1.33 bits per heavy atom. The first-order valence-corrected chi connectivity index (χ1v) is 7.41. The highest BCUT2D eigenvalue weighted by molar-refractivity contribution is 5.76. The molecule has 0 aliphatic heterocycles. The first kappa shape index (κ1) is 21.5. The molecule has 1 aromatic rings. The molecule has 1 aliphatic carbocycles. The zero-order valence-corrected chi connectivity index (χ0v) is 13.3. The third-order valence-corrected chi connectivity index (χ3v) is 3.16. The number of carboxylic acids is 1. The number of phenolic OH excluding ortho intramolecular Hbond substituents is 1. The Kier molecular flexibility index (Phi) is 10.7. The number of carbonyl (C=O) groups excluding carboxylic acids is 1. The number of rotatable bonds is 3. The Bertz CT molecular complexity index is 544. The first-order valence-electron chi connectivity index (χ1n) is 7.41. The summed E-state index contributed by atoms with van der Waals surface area (Å²) in [6.07, 6.45) is 7.17. The molecule has 0 unspecified atom stereocenters. The van der Waals surface area contributed by atoms with E-state index in [0.717, 1.165) is 12.1 Å². The van der Waals surface area contributed by atoms with E-state index in [1.54, 1.807) is 0 Å². The standard InChI is InChI=1S/C7H5NO4.C6H13N.C2H5NO2/c9-4-5-1-2-6(8(11)12)7(10)3-5;7-6-4-2-1-3-5-6;3-1-2(4)5/h1-4,10H;6H,1-5,7H2;1,3H2,(H,4,5). The highest BCUT2D eigenvalue weighted by Gasteiger charge is 2.12. The number of nitro benzene ring substituents is 1. The number of nitro groups is 1. The zero-order chi connectivity index (χ0) is 18.5. The second-order valence-electron chi connectivity index (χ2n) is 5.12. The maximum Gasteiger partial charge on any atom is 0.317 e. The van der Waals surface area contributed by atoms with E-state index in [1.807, 2.05) is 0 Å². The van der Waals surface area contributed by atoms with Crippen molar-refractivity contribution in [1.29, 1.82) is 0 Å². The molecule has 0 aromatic heterocycles. The van der Waals surface area contributed by atoms with Crippen LogP contribution in [0.3, 0.4) is 0 Å². The summed E-state index contributed by atoms with van der Waals surface area (Å²) in [5, 5.41) is 26.8. The van der Waals surface area contributed by atoms with Crippen LogP contribution < -0.4 is 11.5 Å². The van der Waals surface area contributed by atoms with Crippen molar-refractivity contribution in [3.05, 3.63) is 33.9 Å². The molecule has 134 valence electrons. The van der Waals surface area contributed by atoms with E-state index in [1.165, 1.54) is 38.2 Å². The van der Waals surface area contributed by atoms with Crippen LogP contribution in [0.25, 0.3) is 0 Å². The summed E-state index contributed by atoms with van der Waals surface area (Å²) in [5.41, 5.74) is 10.0. The Morgan fingerprint density at radius 2 is 1.88 bits per heavy atom. The molecule has 0 saturated heterocycles. The molecular weight excluding hydrogens is 318 g/mol. The molecule has 9 nitrogen and oxygen atoms in total. The van der Waals surface area contributed by atoms with Gasteiger partial charge in [-0.15, -0.1) is 0 Å². The third-order valence-electron chi connectivity index (χ3n) is 3.16. The number of phenols is 1.